The van der Waals surface area contributed by atoms with Gasteiger partial charge in [-0.05, 0) is 52.6 Å². The van der Waals surface area contributed by atoms with Crippen LogP contribution in [0.5, 0.6) is 0 Å². The van der Waals surface area contributed by atoms with Gasteiger partial charge in [0.05, 0.1) is 30.8 Å². The first kappa shape index (κ1) is 19.5. The molecule has 1 fully saturated rings. The maximum atomic E-state index is 5.46. The summed E-state index contributed by atoms with van der Waals surface area (Å²) in [5.74, 6) is 0.571. The van der Waals surface area contributed by atoms with E-state index in [1.807, 2.05) is 12.4 Å². The molecule has 0 amide bonds. The van der Waals surface area contributed by atoms with Gasteiger partial charge in [0, 0.05) is 30.7 Å². The summed E-state index contributed by atoms with van der Waals surface area (Å²) < 4.78 is 7.51. The van der Waals surface area contributed by atoms with Crippen molar-refractivity contribution in [3.05, 3.63) is 84.2 Å². The fourth-order valence-electron chi connectivity index (χ4n) is 5.26. The fraction of sp³-hybridized carbons (Fsp3) is 0.222. The van der Waals surface area contributed by atoms with E-state index in [9.17, 15) is 0 Å². The Hall–Kier alpha value is -3.97. The highest BCUT2D eigenvalue weighted by atomic mass is 16.5. The predicted octanol–water partition coefficient (Wildman–Crippen LogP) is 4.71. The Morgan fingerprint density at radius 2 is 1.71 bits per heavy atom. The molecule has 0 bridgehead atoms. The van der Waals surface area contributed by atoms with Crippen molar-refractivity contribution in [2.75, 3.05) is 36.5 Å². The van der Waals surface area contributed by atoms with Gasteiger partial charge < -0.3 is 15.0 Å². The van der Waals surface area contributed by atoms with E-state index in [2.05, 4.69) is 80.5 Å². The average Bonchev–Trinajstić information content (AvgIpc) is 3.48. The molecule has 7 rings (SSSR count). The van der Waals surface area contributed by atoms with Crippen molar-refractivity contribution in [3.63, 3.8) is 0 Å². The summed E-state index contributed by atoms with van der Waals surface area (Å²) >= 11 is 0. The van der Waals surface area contributed by atoms with Crippen molar-refractivity contribution in [2.45, 2.75) is 12.5 Å². The number of anilines is 3. The quantitative estimate of drug-likeness (QED) is 0.430. The van der Waals surface area contributed by atoms with Crippen molar-refractivity contribution in [1.29, 1.82) is 0 Å². The third-order valence-electron chi connectivity index (χ3n) is 6.92. The first-order valence-electron chi connectivity index (χ1n) is 11.7. The molecule has 3 heterocycles. The predicted molar refractivity (Wildman–Crippen MR) is 134 cm³/mol. The van der Waals surface area contributed by atoms with Crippen LogP contribution >= 0.6 is 0 Å². The topological polar surface area (TPSA) is 68.1 Å². The van der Waals surface area contributed by atoms with E-state index in [0.717, 1.165) is 49.4 Å². The van der Waals surface area contributed by atoms with Crippen LogP contribution in [0, 0.1) is 0 Å². The highest BCUT2D eigenvalue weighted by Gasteiger charge is 2.27. The Kier molecular flexibility index (Phi) is 4.48. The fourth-order valence-corrected chi connectivity index (χ4v) is 5.26. The normalized spacial score (nSPS) is 17.5. The van der Waals surface area contributed by atoms with Gasteiger partial charge >= 0.3 is 0 Å². The summed E-state index contributed by atoms with van der Waals surface area (Å²) in [7, 11) is 0. The Morgan fingerprint density at radius 3 is 2.56 bits per heavy atom. The number of benzene rings is 3. The first-order chi connectivity index (χ1) is 16.8. The molecule has 1 aliphatic heterocycles. The number of aromatic nitrogens is 4. The van der Waals surface area contributed by atoms with Gasteiger partial charge in [0.1, 0.15) is 0 Å². The number of rotatable bonds is 4. The van der Waals surface area contributed by atoms with Crippen molar-refractivity contribution < 1.29 is 4.74 Å². The van der Waals surface area contributed by atoms with Gasteiger partial charge in [0.15, 0.2) is 5.65 Å². The first-order valence-corrected chi connectivity index (χ1v) is 11.7. The van der Waals surface area contributed by atoms with Crippen LogP contribution in [0.2, 0.25) is 0 Å². The van der Waals surface area contributed by atoms with Crippen LogP contribution in [0.1, 0.15) is 17.2 Å². The smallest absolute Gasteiger partial charge is 0.229 e. The number of morpholine rings is 1. The van der Waals surface area contributed by atoms with Crippen molar-refractivity contribution in [2.24, 2.45) is 0 Å². The lowest BCUT2D eigenvalue weighted by atomic mass is 10.0. The molecule has 1 saturated heterocycles. The maximum absolute atomic E-state index is 5.46. The lowest BCUT2D eigenvalue weighted by molar-refractivity contribution is 0.122. The zero-order valence-electron chi connectivity index (χ0n) is 18.7. The van der Waals surface area contributed by atoms with Crippen molar-refractivity contribution >= 4 is 39.1 Å². The van der Waals surface area contributed by atoms with Crippen molar-refractivity contribution in [3.8, 4) is 0 Å². The third kappa shape index (κ3) is 3.20. The zero-order chi connectivity index (χ0) is 22.5. The van der Waals surface area contributed by atoms with Crippen LogP contribution in [-0.2, 0) is 11.2 Å². The maximum Gasteiger partial charge on any atom is 0.229 e. The lowest BCUT2D eigenvalue weighted by Gasteiger charge is -2.28. The summed E-state index contributed by atoms with van der Waals surface area (Å²) in [6, 6.07) is 21.6. The summed E-state index contributed by atoms with van der Waals surface area (Å²) in [6.07, 6.45) is 4.63. The molecule has 7 nitrogen and oxygen atoms in total. The molecule has 3 aromatic carbocycles. The molecule has 2 aliphatic rings. The summed E-state index contributed by atoms with van der Waals surface area (Å²) in [5.41, 5.74) is 5.69. The lowest BCUT2D eigenvalue weighted by Crippen LogP contribution is -2.36. The van der Waals surface area contributed by atoms with Gasteiger partial charge in [0.2, 0.25) is 5.95 Å². The minimum absolute atomic E-state index is 0.133. The molecule has 0 spiro atoms. The Labute approximate surface area is 197 Å². The Balaban J connectivity index is 1.19. The number of hydrogen-bond donors (Lipinski definition) is 1. The van der Waals surface area contributed by atoms with Crippen LogP contribution in [0.3, 0.4) is 0 Å². The van der Waals surface area contributed by atoms with E-state index in [4.69, 9.17) is 14.8 Å². The molecule has 0 radical (unpaired) electrons. The van der Waals surface area contributed by atoms with Gasteiger partial charge in [-0.15, -0.1) is 0 Å². The number of fused-ring (bicyclic) bond motifs is 1. The van der Waals surface area contributed by atoms with Gasteiger partial charge in [-0.1, -0.05) is 36.4 Å². The standard InChI is InChI=1S/C27H24N6O/c1-3-18-4-2-6-23-24(15-19(5-1)25(18)23)33-26-20(17-29-33)16-28-27(31-26)30-21-7-9-22(10-8-21)32-11-13-34-14-12-32/h1-10,16-17,24H,11-15H2,(H,28,30,31)/t24-/m1/s1. The third-order valence-corrected chi connectivity index (χ3v) is 6.92. The molecule has 1 N–H and O–H groups in total. The molecule has 7 heteroatoms. The van der Waals surface area contributed by atoms with Gasteiger partial charge in [-0.3, -0.25) is 0 Å². The average molecular weight is 449 g/mol. The molecule has 1 aliphatic carbocycles. The SMILES string of the molecule is c1cc2c3c(cccc3c1)[C@H](n1ncc3cnc(Nc4ccc(N5CCOCC5)cc4)nc31)C2. The van der Waals surface area contributed by atoms with Crippen LogP contribution in [0.4, 0.5) is 17.3 Å². The van der Waals surface area contributed by atoms with E-state index in [1.165, 1.54) is 27.6 Å². The molecule has 34 heavy (non-hydrogen) atoms. The summed E-state index contributed by atoms with van der Waals surface area (Å²) in [5, 5.41) is 11.7. The second kappa shape index (κ2) is 7.81. The Morgan fingerprint density at radius 1 is 0.882 bits per heavy atom. The van der Waals surface area contributed by atoms with Gasteiger partial charge in [-0.25, -0.2) is 9.67 Å². The van der Waals surface area contributed by atoms with E-state index in [-0.39, 0.29) is 6.04 Å². The van der Waals surface area contributed by atoms with E-state index in [1.54, 1.807) is 0 Å². The number of nitrogens with zero attached hydrogens (tertiary/aromatic N) is 5. The molecular formula is C27H24N6O. The molecule has 0 unspecified atom stereocenters. The number of ether oxygens (including phenoxy) is 1. The second-order valence-corrected chi connectivity index (χ2v) is 8.92. The molecule has 2 aromatic heterocycles. The van der Waals surface area contributed by atoms with E-state index >= 15 is 0 Å². The highest BCUT2D eigenvalue weighted by Crippen LogP contribution is 2.39. The summed E-state index contributed by atoms with van der Waals surface area (Å²) in [4.78, 5) is 11.7. The van der Waals surface area contributed by atoms with Crippen LogP contribution in [-0.4, -0.2) is 46.1 Å². The zero-order valence-corrected chi connectivity index (χ0v) is 18.7. The van der Waals surface area contributed by atoms with E-state index in [0.29, 0.717) is 5.95 Å². The van der Waals surface area contributed by atoms with E-state index < -0.39 is 0 Å². The Bertz CT molecular complexity index is 1500. The largest absolute Gasteiger partial charge is 0.378 e. The number of nitrogens with one attached hydrogen (secondary N) is 1. The van der Waals surface area contributed by atoms with Crippen molar-refractivity contribution in [1.82, 2.24) is 19.7 Å². The molecule has 168 valence electrons. The monoisotopic (exact) mass is 448 g/mol. The minimum atomic E-state index is 0.133. The van der Waals surface area contributed by atoms with Crippen LogP contribution < -0.4 is 10.2 Å². The molecular weight excluding hydrogens is 424 g/mol. The summed E-state index contributed by atoms with van der Waals surface area (Å²) in [6.45, 7) is 3.41. The molecule has 1 atom stereocenters. The van der Waals surface area contributed by atoms with Gasteiger partial charge in [0.25, 0.3) is 0 Å². The second-order valence-electron chi connectivity index (χ2n) is 8.92. The minimum Gasteiger partial charge on any atom is -0.378 e. The molecule has 5 aromatic rings. The van der Waals surface area contributed by atoms with Gasteiger partial charge in [-0.2, -0.15) is 10.1 Å². The molecule has 0 saturated carbocycles. The van der Waals surface area contributed by atoms with Crippen LogP contribution in [0.15, 0.2) is 73.1 Å². The highest BCUT2D eigenvalue weighted by molar-refractivity contribution is 5.91. The number of hydrogen-bond acceptors (Lipinski definition) is 6. The van der Waals surface area contributed by atoms with Crippen LogP contribution in [0.25, 0.3) is 21.8 Å².